The van der Waals surface area contributed by atoms with Crippen LogP contribution in [-0.2, 0) is 6.42 Å². The van der Waals surface area contributed by atoms with Gasteiger partial charge in [0.1, 0.15) is 5.75 Å². The van der Waals surface area contributed by atoms with Gasteiger partial charge in [-0.05, 0) is 30.0 Å². The van der Waals surface area contributed by atoms with Gasteiger partial charge in [-0.25, -0.2) is 0 Å². The Morgan fingerprint density at radius 3 is 3.13 bits per heavy atom. The molecule has 0 heterocycles. The molecular formula is C12H14BrNO. The number of nitrogens with one attached hydrogen (secondary N) is 1. The van der Waals surface area contributed by atoms with Gasteiger partial charge in [0.15, 0.2) is 0 Å². The smallest absolute Gasteiger partial charge is 0.119 e. The maximum atomic E-state index is 9.67. The number of halogens is 1. The fourth-order valence-electron chi connectivity index (χ4n) is 2.08. The summed E-state index contributed by atoms with van der Waals surface area (Å²) in [5.74, 6) is 0.425. The van der Waals surface area contributed by atoms with Crippen LogP contribution in [0.15, 0.2) is 29.3 Å². The van der Waals surface area contributed by atoms with Gasteiger partial charge in [-0.3, -0.25) is 0 Å². The highest BCUT2D eigenvalue weighted by Gasteiger charge is 2.23. The second-order valence-corrected chi connectivity index (χ2v) is 4.96. The largest absolute Gasteiger partial charge is 0.508 e. The number of phenols is 1. The van der Waals surface area contributed by atoms with E-state index in [1.165, 1.54) is 5.56 Å². The van der Waals surface area contributed by atoms with Gasteiger partial charge in [0, 0.05) is 17.1 Å². The van der Waals surface area contributed by atoms with Crippen molar-refractivity contribution in [1.29, 1.82) is 0 Å². The van der Waals surface area contributed by atoms with E-state index in [4.69, 9.17) is 0 Å². The first-order chi connectivity index (χ1) is 7.18. The molecule has 0 spiro atoms. The van der Waals surface area contributed by atoms with Gasteiger partial charge in [-0.15, -0.1) is 0 Å². The highest BCUT2D eigenvalue weighted by Crippen LogP contribution is 2.36. The van der Waals surface area contributed by atoms with Crippen molar-refractivity contribution >= 4 is 15.9 Å². The molecule has 3 heteroatoms. The molecule has 2 N–H and O–H groups in total. The summed E-state index contributed by atoms with van der Waals surface area (Å²) in [5.41, 5.74) is 2.32. The topological polar surface area (TPSA) is 32.3 Å². The second-order valence-electron chi connectivity index (χ2n) is 3.83. The SMILES string of the molecule is C=C(Br)CNC1CCc2c(O)cccc21. The zero-order valence-electron chi connectivity index (χ0n) is 8.46. The second kappa shape index (κ2) is 4.37. The predicted molar refractivity (Wildman–Crippen MR) is 65.2 cm³/mol. The van der Waals surface area contributed by atoms with E-state index < -0.39 is 0 Å². The van der Waals surface area contributed by atoms with Gasteiger partial charge in [0.05, 0.1) is 0 Å². The standard InChI is InChI=1S/C12H14BrNO/c1-8(13)7-14-11-6-5-10-9(11)3-2-4-12(10)15/h2-4,11,14-15H,1,5-7H2. The summed E-state index contributed by atoms with van der Waals surface area (Å²) in [5, 5.41) is 13.1. The molecule has 0 aliphatic heterocycles. The fraction of sp³-hybridized carbons (Fsp3) is 0.333. The van der Waals surface area contributed by atoms with Gasteiger partial charge < -0.3 is 10.4 Å². The number of aromatic hydroxyl groups is 1. The van der Waals surface area contributed by atoms with Gasteiger partial charge in [0.2, 0.25) is 0 Å². The van der Waals surface area contributed by atoms with E-state index in [0.29, 0.717) is 11.8 Å². The Kier molecular flexibility index (Phi) is 3.12. The van der Waals surface area contributed by atoms with E-state index in [0.717, 1.165) is 29.4 Å². The molecule has 0 amide bonds. The number of phenolic OH excluding ortho intramolecular Hbond substituents is 1. The van der Waals surface area contributed by atoms with E-state index in [1.54, 1.807) is 6.07 Å². The number of rotatable bonds is 3. The molecule has 0 bridgehead atoms. The molecule has 0 radical (unpaired) electrons. The van der Waals surface area contributed by atoms with Gasteiger partial charge in [-0.2, -0.15) is 0 Å². The third-order valence-corrected chi connectivity index (χ3v) is 3.07. The Labute approximate surface area is 98.1 Å². The van der Waals surface area contributed by atoms with Gasteiger partial charge in [-0.1, -0.05) is 34.6 Å². The third-order valence-electron chi connectivity index (χ3n) is 2.79. The molecule has 0 fully saturated rings. The van der Waals surface area contributed by atoms with Crippen molar-refractivity contribution in [2.75, 3.05) is 6.54 Å². The summed E-state index contributed by atoms with van der Waals surface area (Å²) < 4.78 is 0.955. The minimum absolute atomic E-state index is 0.349. The number of benzene rings is 1. The highest BCUT2D eigenvalue weighted by atomic mass is 79.9. The lowest BCUT2D eigenvalue weighted by molar-refractivity contribution is 0.469. The average molecular weight is 268 g/mol. The first-order valence-corrected chi connectivity index (χ1v) is 5.85. The van der Waals surface area contributed by atoms with Crippen molar-refractivity contribution in [2.24, 2.45) is 0 Å². The van der Waals surface area contributed by atoms with Crippen molar-refractivity contribution in [2.45, 2.75) is 18.9 Å². The van der Waals surface area contributed by atoms with Crippen molar-refractivity contribution in [3.8, 4) is 5.75 Å². The maximum Gasteiger partial charge on any atom is 0.119 e. The van der Waals surface area contributed by atoms with E-state index >= 15 is 0 Å². The summed E-state index contributed by atoms with van der Waals surface area (Å²) in [6.07, 6.45) is 2.00. The van der Waals surface area contributed by atoms with E-state index in [1.807, 2.05) is 6.07 Å². The Bertz CT molecular complexity index is 389. The minimum atomic E-state index is 0.349. The van der Waals surface area contributed by atoms with E-state index in [2.05, 4.69) is 33.9 Å². The molecular weight excluding hydrogens is 254 g/mol. The molecule has 0 saturated carbocycles. The van der Waals surface area contributed by atoms with Crippen LogP contribution < -0.4 is 5.32 Å². The molecule has 2 rings (SSSR count). The minimum Gasteiger partial charge on any atom is -0.508 e. The summed E-state index contributed by atoms with van der Waals surface area (Å²) in [4.78, 5) is 0. The fourth-order valence-corrected chi connectivity index (χ4v) is 2.24. The molecule has 1 unspecified atom stereocenters. The maximum absolute atomic E-state index is 9.67. The number of hydrogen-bond acceptors (Lipinski definition) is 2. The van der Waals surface area contributed by atoms with Crippen LogP contribution in [0.5, 0.6) is 5.75 Å². The van der Waals surface area contributed by atoms with Crippen molar-refractivity contribution in [1.82, 2.24) is 5.32 Å². The van der Waals surface area contributed by atoms with Crippen molar-refractivity contribution < 1.29 is 5.11 Å². The molecule has 2 nitrogen and oxygen atoms in total. The lowest BCUT2D eigenvalue weighted by atomic mass is 10.1. The van der Waals surface area contributed by atoms with Crippen molar-refractivity contribution in [3.05, 3.63) is 40.4 Å². The van der Waals surface area contributed by atoms with Crippen LogP contribution in [0.2, 0.25) is 0 Å². The van der Waals surface area contributed by atoms with Gasteiger partial charge >= 0.3 is 0 Å². The Hall–Kier alpha value is -0.800. The summed E-state index contributed by atoms with van der Waals surface area (Å²) in [7, 11) is 0. The summed E-state index contributed by atoms with van der Waals surface area (Å²) in [6, 6.07) is 6.08. The van der Waals surface area contributed by atoms with Crippen LogP contribution in [0.1, 0.15) is 23.6 Å². The van der Waals surface area contributed by atoms with Crippen LogP contribution in [0.4, 0.5) is 0 Å². The van der Waals surface area contributed by atoms with E-state index in [-0.39, 0.29) is 0 Å². The monoisotopic (exact) mass is 267 g/mol. The lowest BCUT2D eigenvalue weighted by Gasteiger charge is -2.13. The van der Waals surface area contributed by atoms with Gasteiger partial charge in [0.25, 0.3) is 0 Å². The molecule has 1 aromatic rings. The van der Waals surface area contributed by atoms with Crippen molar-refractivity contribution in [3.63, 3.8) is 0 Å². The average Bonchev–Trinajstić information content (AvgIpc) is 2.59. The van der Waals surface area contributed by atoms with E-state index in [9.17, 15) is 5.11 Å². The first kappa shape index (κ1) is 10.7. The van der Waals surface area contributed by atoms with Crippen LogP contribution in [0, 0.1) is 0 Å². The van der Waals surface area contributed by atoms with Crippen LogP contribution in [0.25, 0.3) is 0 Å². The van der Waals surface area contributed by atoms with Crippen LogP contribution in [0.3, 0.4) is 0 Å². The number of hydrogen-bond donors (Lipinski definition) is 2. The zero-order chi connectivity index (χ0) is 10.8. The zero-order valence-corrected chi connectivity index (χ0v) is 10.0. The third kappa shape index (κ3) is 2.24. The Balaban J connectivity index is 2.14. The molecule has 0 aromatic heterocycles. The summed E-state index contributed by atoms with van der Waals surface area (Å²) in [6.45, 7) is 4.56. The Morgan fingerprint density at radius 2 is 2.40 bits per heavy atom. The molecule has 1 aliphatic rings. The molecule has 1 aliphatic carbocycles. The van der Waals surface area contributed by atoms with Crippen LogP contribution >= 0.6 is 15.9 Å². The first-order valence-electron chi connectivity index (χ1n) is 5.06. The Morgan fingerprint density at radius 1 is 1.60 bits per heavy atom. The molecule has 80 valence electrons. The normalized spacial score (nSPS) is 18.9. The lowest BCUT2D eigenvalue weighted by Crippen LogP contribution is -2.20. The number of fused-ring (bicyclic) bond motifs is 1. The molecule has 1 atom stereocenters. The predicted octanol–water partition coefficient (Wildman–Crippen LogP) is 2.88. The molecule has 1 aromatic carbocycles. The molecule has 0 saturated heterocycles. The molecule has 15 heavy (non-hydrogen) atoms. The summed E-state index contributed by atoms with van der Waals surface area (Å²) >= 11 is 3.33. The quantitative estimate of drug-likeness (QED) is 0.883. The highest BCUT2D eigenvalue weighted by molar-refractivity contribution is 9.11. The van der Waals surface area contributed by atoms with Crippen LogP contribution in [-0.4, -0.2) is 11.7 Å².